The summed E-state index contributed by atoms with van der Waals surface area (Å²) in [6, 6.07) is 42.8. The third kappa shape index (κ3) is 53.4. The molecule has 0 aliphatic heterocycles. The van der Waals surface area contributed by atoms with Gasteiger partial charge in [-0.2, -0.15) is 0 Å². The van der Waals surface area contributed by atoms with Crippen molar-refractivity contribution in [3.05, 3.63) is 149 Å². The topological polar surface area (TPSA) is 0 Å². The van der Waals surface area contributed by atoms with E-state index in [1.54, 1.807) is 0 Å². The number of aryl methyl sites for hydroxylation is 5. The Morgan fingerprint density at radius 2 is 0.278 bits per heavy atom. The normalized spacial score (nSPS) is 20.9. The molecule has 0 saturated heterocycles. The lowest BCUT2D eigenvalue weighted by atomic mass is 9.78. The summed E-state index contributed by atoms with van der Waals surface area (Å²) >= 11 is 25.8. The molecule has 0 heterocycles. The molecule has 0 N–H and O–H groups in total. The lowest BCUT2D eigenvalue weighted by molar-refractivity contribution is 0.248. The highest BCUT2D eigenvalue weighted by atomic mass is 32.1. The van der Waals surface area contributed by atoms with Crippen LogP contribution >= 0.6 is 63.1 Å². The molecule has 5 saturated carbocycles. The van der Waals surface area contributed by atoms with Gasteiger partial charge >= 0.3 is 0 Å². The van der Waals surface area contributed by atoms with E-state index in [4.69, 9.17) is 63.1 Å². The van der Waals surface area contributed by atoms with Gasteiger partial charge < -0.3 is 0 Å². The smallest absolute Gasteiger partial charge is 0.0377 e. The number of hydrogen-bond donors (Lipinski definition) is 0. The summed E-state index contributed by atoms with van der Waals surface area (Å²) in [5, 5.41) is 0. The van der Waals surface area contributed by atoms with Crippen LogP contribution in [0, 0.1) is 59.2 Å². The van der Waals surface area contributed by atoms with E-state index in [2.05, 4.69) is 156 Å². The first-order chi connectivity index (χ1) is 53.9. The van der Waals surface area contributed by atoms with Gasteiger partial charge in [-0.25, -0.2) is 0 Å². The minimum Gasteiger partial charge on any atom is -0.269 e. The third-order valence-electron chi connectivity index (χ3n) is 27.2. The van der Waals surface area contributed by atoms with Gasteiger partial charge in [0.2, 0.25) is 0 Å². The predicted octanol–water partition coefficient (Wildman–Crippen LogP) is 37.5. The minimum atomic E-state index is 0. The van der Waals surface area contributed by atoms with E-state index in [-0.39, 0.29) is 23.5 Å². The molecule has 5 fully saturated rings. The highest BCUT2D eigenvalue weighted by molar-refractivity contribution is 7.81. The minimum absolute atomic E-state index is 0. The zero-order valence-electron chi connectivity index (χ0n) is 73.8. The molecule has 0 unspecified atom stereocenters. The summed E-state index contributed by atoms with van der Waals surface area (Å²) in [6.07, 6.45) is 86.1. The zero-order valence-corrected chi connectivity index (χ0v) is 77.9. The maximum Gasteiger partial charge on any atom is 0.0377 e. The van der Waals surface area contributed by atoms with Crippen LogP contribution in [-0.4, -0.2) is 0 Å². The maximum absolute atomic E-state index is 5.15. The van der Waals surface area contributed by atoms with E-state index in [0.717, 1.165) is 83.7 Å². The number of hydrogen-bond acceptors (Lipinski definition) is 0. The van der Waals surface area contributed by atoms with Gasteiger partial charge in [-0.1, -0.05) is 479 Å². The monoisotopic (exact) mass is 1690 g/mol. The van der Waals surface area contributed by atoms with E-state index >= 15 is 0 Å². The van der Waals surface area contributed by atoms with Gasteiger partial charge in [0.1, 0.15) is 0 Å². The first kappa shape index (κ1) is 110. The zero-order chi connectivity index (χ0) is 78.1. The van der Waals surface area contributed by atoms with Crippen LogP contribution in [-0.2, 0) is 32.1 Å². The lowest BCUT2D eigenvalue weighted by Crippen LogP contribution is -2.15. The molecule has 655 valence electrons. The fourth-order valence-electron chi connectivity index (χ4n) is 19.4. The lowest BCUT2D eigenvalue weighted by Gasteiger charge is -2.28. The van der Waals surface area contributed by atoms with E-state index in [1.165, 1.54) is 413 Å². The van der Waals surface area contributed by atoms with Crippen LogP contribution in [0.25, 0.3) is 0 Å². The second kappa shape index (κ2) is 71.4. The van der Waals surface area contributed by atoms with Crippen LogP contribution in [0.15, 0.2) is 146 Å². The van der Waals surface area contributed by atoms with Crippen molar-refractivity contribution in [2.45, 2.75) is 444 Å². The Kier molecular flexibility index (Phi) is 68.2. The highest BCUT2D eigenvalue weighted by Gasteiger charge is 2.26. The summed E-state index contributed by atoms with van der Waals surface area (Å²) in [5.74, 6) is 10.1. The predicted molar refractivity (Wildman–Crippen MR) is 510 cm³/mol. The standard InChI is InChI=1S/5C21H33S.5FH/c5*1-2-3-4-5-6-7-18-8-10-19(11-9-18)12-13-20-14-16-21(22)17-15-20;;;;;/h5*14-19H,2-13H2,1H3;5*1H/t5*18-,19-;;;;;. The molecule has 10 rings (SSSR count). The van der Waals surface area contributed by atoms with Crippen LogP contribution in [0.5, 0.6) is 0 Å². The molecule has 5 aliphatic carbocycles. The molecule has 0 bridgehead atoms. The van der Waals surface area contributed by atoms with Gasteiger partial charge in [-0.15, -0.1) is 0 Å². The van der Waals surface area contributed by atoms with Gasteiger partial charge in [0.15, 0.2) is 0 Å². The fraction of sp³-hybridized carbons (Fsp3) is 0.714. The largest absolute Gasteiger partial charge is 0.269 e. The van der Waals surface area contributed by atoms with Crippen LogP contribution in [0.4, 0.5) is 23.5 Å². The molecule has 5 aliphatic rings. The Morgan fingerprint density at radius 1 is 0.165 bits per heavy atom. The van der Waals surface area contributed by atoms with Crippen molar-refractivity contribution in [2.75, 3.05) is 0 Å². The first-order valence-electron chi connectivity index (χ1n) is 47.7. The molecular weight excluding hydrogens is 1520 g/mol. The van der Waals surface area contributed by atoms with Crippen molar-refractivity contribution in [2.24, 2.45) is 59.2 Å². The average Bonchev–Trinajstić information content (AvgIpc) is 0.912. The SMILES string of the molecule is CCCCCCC[C@H]1CC[C@H](CCc2ccc([S])cc2)CC1.CCCCCCC[C@H]1CC[C@H](CCc2ccc([S])cc2)CC1.CCCCCCC[C@H]1CC[C@H](CCc2ccc([S])cc2)CC1.CCCCCCC[C@H]1CC[C@H](CCc2ccc([S])cc2)CC1.CCCCCCC[C@H]1CC[C@H](CCc2ccc([S])cc2)CC1.F.F.F.F.F. The molecule has 0 nitrogen and oxygen atoms in total. The van der Waals surface area contributed by atoms with Crippen LogP contribution < -0.4 is 0 Å². The van der Waals surface area contributed by atoms with E-state index in [9.17, 15) is 0 Å². The van der Waals surface area contributed by atoms with Crippen molar-refractivity contribution in [1.29, 1.82) is 0 Å². The van der Waals surface area contributed by atoms with E-state index in [0.29, 0.717) is 0 Å². The first-order valence-corrected chi connectivity index (χ1v) is 49.7. The fourth-order valence-corrected chi connectivity index (χ4v) is 20.0. The van der Waals surface area contributed by atoms with Crippen molar-refractivity contribution in [3.63, 3.8) is 0 Å². The van der Waals surface area contributed by atoms with Gasteiger partial charge in [0.05, 0.1) is 0 Å². The van der Waals surface area contributed by atoms with Gasteiger partial charge in [-0.3, -0.25) is 23.5 Å². The van der Waals surface area contributed by atoms with Crippen molar-refractivity contribution in [3.8, 4) is 0 Å². The Labute approximate surface area is 733 Å². The van der Waals surface area contributed by atoms with Gasteiger partial charge in [0, 0.05) is 24.5 Å². The summed E-state index contributed by atoms with van der Waals surface area (Å²) in [7, 11) is 0. The molecule has 115 heavy (non-hydrogen) atoms. The Bertz CT molecular complexity index is 2430. The molecule has 5 aromatic rings. The Hall–Kier alpha value is -3.15. The Balaban J connectivity index is 0.000000711. The Morgan fingerprint density at radius 3 is 0.400 bits per heavy atom. The molecule has 5 aromatic carbocycles. The summed E-state index contributed by atoms with van der Waals surface area (Å²) in [4.78, 5) is 4.81. The van der Waals surface area contributed by atoms with Crippen molar-refractivity contribution < 1.29 is 23.5 Å². The van der Waals surface area contributed by atoms with Crippen molar-refractivity contribution in [1.82, 2.24) is 0 Å². The van der Waals surface area contributed by atoms with Crippen LogP contribution in [0.3, 0.4) is 0 Å². The second-order valence-corrected chi connectivity index (χ2v) is 38.7. The van der Waals surface area contributed by atoms with E-state index in [1.807, 2.05) is 0 Å². The summed E-state index contributed by atoms with van der Waals surface area (Å²) in [6.45, 7) is 11.5. The van der Waals surface area contributed by atoms with Crippen LogP contribution in [0.1, 0.15) is 416 Å². The molecule has 10 heteroatoms. The molecule has 0 aromatic heterocycles. The third-order valence-corrected chi connectivity index (χ3v) is 28.6. The second-order valence-electron chi connectivity index (χ2n) is 36.4. The van der Waals surface area contributed by atoms with Crippen molar-refractivity contribution >= 4 is 63.1 Å². The highest BCUT2D eigenvalue weighted by Crippen LogP contribution is 2.40. The molecular formula is C105H170F5S5. The van der Waals surface area contributed by atoms with Gasteiger partial charge in [0.25, 0.3) is 0 Å². The molecule has 0 amide bonds. The number of unbranched alkanes of at least 4 members (excludes halogenated alkanes) is 20. The van der Waals surface area contributed by atoms with Gasteiger partial charge in [-0.05, 0) is 212 Å². The summed E-state index contributed by atoms with van der Waals surface area (Å²) in [5.41, 5.74) is 7.32. The average molecular weight is 1690 g/mol. The molecule has 5 radical (unpaired) electrons. The maximum atomic E-state index is 5.15. The van der Waals surface area contributed by atoms with Crippen LogP contribution in [0.2, 0.25) is 0 Å². The number of benzene rings is 5. The molecule has 0 atom stereocenters. The van der Waals surface area contributed by atoms with E-state index < -0.39 is 0 Å². The summed E-state index contributed by atoms with van der Waals surface area (Å²) < 4.78 is 0. The molecule has 0 spiro atoms. The number of rotatable bonds is 45. The number of halogens is 5. The quantitative estimate of drug-likeness (QED) is 0.0269.